The van der Waals surface area contributed by atoms with Gasteiger partial charge in [-0.15, -0.1) is 11.3 Å². The van der Waals surface area contributed by atoms with Crippen LogP contribution >= 0.6 is 11.3 Å². The normalized spacial score (nSPS) is 13.3. The third kappa shape index (κ3) is 3.11. The maximum atomic E-state index is 12.5. The highest BCUT2D eigenvalue weighted by Gasteiger charge is 2.19. The monoisotopic (exact) mass is 351 g/mol. The van der Waals surface area contributed by atoms with Crippen LogP contribution in [0.5, 0.6) is 0 Å². The standard InChI is InChI=1S/C14H13N3O4S2/c1-8(12-3-2-6-22-12)17-23(20,21)9-4-5-10-11(7-9)16-14(19)13(18)15-10/h2-8,17H,1H3,(H,15,18)(H,16,19)/t8-/m1/s1. The largest absolute Gasteiger partial charge is 0.316 e. The zero-order valence-electron chi connectivity index (χ0n) is 12.0. The lowest BCUT2D eigenvalue weighted by atomic mass is 10.3. The number of thiophene rings is 1. The number of H-pyrrole nitrogens is 2. The van der Waals surface area contributed by atoms with Gasteiger partial charge >= 0.3 is 11.1 Å². The van der Waals surface area contributed by atoms with Gasteiger partial charge in [-0.2, -0.15) is 0 Å². The zero-order valence-corrected chi connectivity index (χ0v) is 13.6. The molecule has 0 saturated heterocycles. The summed E-state index contributed by atoms with van der Waals surface area (Å²) in [5, 5.41) is 1.87. The molecule has 0 radical (unpaired) electrons. The molecule has 7 nitrogen and oxygen atoms in total. The number of benzene rings is 1. The molecule has 0 aliphatic rings. The summed E-state index contributed by atoms with van der Waals surface area (Å²) in [6.45, 7) is 1.75. The lowest BCUT2D eigenvalue weighted by molar-refractivity contribution is 0.568. The van der Waals surface area contributed by atoms with E-state index in [0.717, 1.165) is 4.88 Å². The van der Waals surface area contributed by atoms with E-state index in [1.165, 1.54) is 29.5 Å². The number of fused-ring (bicyclic) bond motifs is 1. The first-order valence-electron chi connectivity index (χ1n) is 6.69. The SMILES string of the molecule is C[C@@H](NS(=O)(=O)c1ccc2[nH]c(=O)c(=O)[nH]c2c1)c1cccs1. The van der Waals surface area contributed by atoms with Crippen LogP contribution in [0.25, 0.3) is 11.0 Å². The average Bonchev–Trinajstić information content (AvgIpc) is 3.02. The molecule has 0 spiro atoms. The van der Waals surface area contributed by atoms with Crippen molar-refractivity contribution in [2.75, 3.05) is 0 Å². The highest BCUT2D eigenvalue weighted by molar-refractivity contribution is 7.89. The fourth-order valence-electron chi connectivity index (χ4n) is 2.16. The predicted molar refractivity (Wildman–Crippen MR) is 88.2 cm³/mol. The average molecular weight is 351 g/mol. The van der Waals surface area contributed by atoms with Gasteiger partial charge in [0.25, 0.3) is 0 Å². The molecule has 3 N–H and O–H groups in total. The van der Waals surface area contributed by atoms with Gasteiger partial charge in [-0.05, 0) is 36.6 Å². The second-order valence-corrected chi connectivity index (χ2v) is 7.67. The molecule has 120 valence electrons. The molecule has 0 aliphatic carbocycles. The van der Waals surface area contributed by atoms with E-state index < -0.39 is 21.1 Å². The Morgan fingerprint density at radius 1 is 1.09 bits per heavy atom. The molecule has 2 aromatic heterocycles. The van der Waals surface area contributed by atoms with Gasteiger partial charge in [0.15, 0.2) is 0 Å². The highest BCUT2D eigenvalue weighted by Crippen LogP contribution is 2.21. The third-order valence-corrected chi connectivity index (χ3v) is 5.90. The van der Waals surface area contributed by atoms with Crippen LogP contribution in [0, 0.1) is 0 Å². The van der Waals surface area contributed by atoms with Crippen molar-refractivity contribution >= 4 is 32.4 Å². The maximum Gasteiger partial charge on any atom is 0.314 e. The van der Waals surface area contributed by atoms with Crippen LogP contribution in [-0.2, 0) is 10.0 Å². The van der Waals surface area contributed by atoms with Crippen molar-refractivity contribution in [1.29, 1.82) is 0 Å². The molecule has 0 fully saturated rings. The van der Waals surface area contributed by atoms with Crippen molar-refractivity contribution in [3.05, 3.63) is 61.3 Å². The number of nitrogens with one attached hydrogen (secondary N) is 3. The zero-order chi connectivity index (χ0) is 16.6. The van der Waals surface area contributed by atoms with Crippen molar-refractivity contribution in [1.82, 2.24) is 14.7 Å². The summed E-state index contributed by atoms with van der Waals surface area (Å²) in [5.41, 5.74) is -0.995. The molecule has 2 heterocycles. The summed E-state index contributed by atoms with van der Waals surface area (Å²) in [6.07, 6.45) is 0. The number of rotatable bonds is 4. The van der Waals surface area contributed by atoms with Gasteiger partial charge in [0.05, 0.1) is 22.0 Å². The second kappa shape index (κ2) is 5.76. The van der Waals surface area contributed by atoms with E-state index in [4.69, 9.17) is 0 Å². The molecule has 3 aromatic rings. The molecule has 3 rings (SSSR count). The van der Waals surface area contributed by atoms with Crippen molar-refractivity contribution < 1.29 is 8.42 Å². The quantitative estimate of drug-likeness (QED) is 0.615. The van der Waals surface area contributed by atoms with Crippen LogP contribution in [0.15, 0.2) is 50.2 Å². The van der Waals surface area contributed by atoms with E-state index in [-0.39, 0.29) is 16.5 Å². The fraction of sp³-hybridized carbons (Fsp3) is 0.143. The van der Waals surface area contributed by atoms with E-state index in [1.54, 1.807) is 6.92 Å². The fourth-order valence-corrected chi connectivity index (χ4v) is 4.22. The number of hydrogen-bond acceptors (Lipinski definition) is 5. The first kappa shape index (κ1) is 15.7. The summed E-state index contributed by atoms with van der Waals surface area (Å²) in [4.78, 5) is 28.3. The Hall–Kier alpha value is -2.23. The Balaban J connectivity index is 1.99. The molecule has 23 heavy (non-hydrogen) atoms. The van der Waals surface area contributed by atoms with Crippen LogP contribution in [0.4, 0.5) is 0 Å². The summed E-state index contributed by atoms with van der Waals surface area (Å²) >= 11 is 1.46. The third-order valence-electron chi connectivity index (χ3n) is 3.31. The van der Waals surface area contributed by atoms with Crippen LogP contribution in [-0.4, -0.2) is 18.4 Å². The minimum absolute atomic E-state index is 0.0103. The maximum absolute atomic E-state index is 12.5. The molecular formula is C14H13N3O4S2. The minimum atomic E-state index is -3.76. The van der Waals surface area contributed by atoms with Crippen molar-refractivity contribution in [2.24, 2.45) is 0 Å². The predicted octanol–water partition coefficient (Wildman–Crippen LogP) is 1.32. The Bertz CT molecular complexity index is 1070. The van der Waals surface area contributed by atoms with Gasteiger partial charge in [0.1, 0.15) is 0 Å². The Morgan fingerprint density at radius 3 is 2.43 bits per heavy atom. The van der Waals surface area contributed by atoms with Crippen LogP contribution in [0.1, 0.15) is 17.8 Å². The number of aromatic nitrogens is 2. The molecule has 1 atom stereocenters. The Kier molecular flexibility index (Phi) is 3.92. The number of aromatic amines is 2. The van der Waals surface area contributed by atoms with Gasteiger partial charge < -0.3 is 9.97 Å². The molecule has 1 aromatic carbocycles. The molecule has 9 heteroatoms. The van der Waals surface area contributed by atoms with Crippen molar-refractivity contribution in [2.45, 2.75) is 17.9 Å². The molecule has 0 saturated carbocycles. The van der Waals surface area contributed by atoms with Gasteiger partial charge in [-0.1, -0.05) is 6.07 Å². The highest BCUT2D eigenvalue weighted by atomic mass is 32.2. The lowest BCUT2D eigenvalue weighted by Crippen LogP contribution is -2.29. The molecular weight excluding hydrogens is 338 g/mol. The van der Waals surface area contributed by atoms with Gasteiger partial charge in [-0.3, -0.25) is 9.59 Å². The summed E-state index contributed by atoms with van der Waals surface area (Å²) in [7, 11) is -3.76. The number of sulfonamides is 1. The Labute approximate surface area is 135 Å². The van der Waals surface area contributed by atoms with E-state index >= 15 is 0 Å². The van der Waals surface area contributed by atoms with Crippen LogP contribution in [0.2, 0.25) is 0 Å². The van der Waals surface area contributed by atoms with Gasteiger partial charge in [0, 0.05) is 4.88 Å². The first-order valence-corrected chi connectivity index (χ1v) is 9.05. The second-order valence-electron chi connectivity index (χ2n) is 4.97. The molecule has 0 amide bonds. The summed E-state index contributed by atoms with van der Waals surface area (Å²) < 4.78 is 27.5. The van der Waals surface area contributed by atoms with E-state index in [0.29, 0.717) is 5.52 Å². The first-order chi connectivity index (χ1) is 10.9. The lowest BCUT2D eigenvalue weighted by Gasteiger charge is -2.13. The molecule has 0 unspecified atom stereocenters. The minimum Gasteiger partial charge on any atom is -0.316 e. The summed E-state index contributed by atoms with van der Waals surface area (Å²) in [5.74, 6) is 0. The molecule has 0 bridgehead atoms. The molecule has 0 aliphatic heterocycles. The van der Waals surface area contributed by atoms with E-state index in [1.807, 2.05) is 17.5 Å². The summed E-state index contributed by atoms with van der Waals surface area (Å²) in [6, 6.07) is 7.46. The Morgan fingerprint density at radius 2 is 1.78 bits per heavy atom. The van der Waals surface area contributed by atoms with Gasteiger partial charge in [0.2, 0.25) is 10.0 Å². The van der Waals surface area contributed by atoms with Crippen molar-refractivity contribution in [3.8, 4) is 0 Å². The van der Waals surface area contributed by atoms with Crippen LogP contribution < -0.4 is 15.8 Å². The van der Waals surface area contributed by atoms with E-state index in [2.05, 4.69) is 14.7 Å². The van der Waals surface area contributed by atoms with Crippen molar-refractivity contribution in [3.63, 3.8) is 0 Å². The topological polar surface area (TPSA) is 112 Å². The number of hydrogen-bond donors (Lipinski definition) is 3. The smallest absolute Gasteiger partial charge is 0.314 e. The van der Waals surface area contributed by atoms with Crippen LogP contribution in [0.3, 0.4) is 0 Å². The van der Waals surface area contributed by atoms with E-state index in [9.17, 15) is 18.0 Å². The van der Waals surface area contributed by atoms with Gasteiger partial charge in [-0.25, -0.2) is 13.1 Å².